The number of aryl methyl sites for hydroxylation is 2. The van der Waals surface area contributed by atoms with Crippen molar-refractivity contribution in [3.05, 3.63) is 52.6 Å². The van der Waals surface area contributed by atoms with E-state index in [9.17, 15) is 9.59 Å². The Morgan fingerprint density at radius 1 is 1.20 bits per heavy atom. The van der Waals surface area contributed by atoms with Gasteiger partial charge in [0.1, 0.15) is 0 Å². The van der Waals surface area contributed by atoms with Gasteiger partial charge < -0.3 is 15.4 Å². The van der Waals surface area contributed by atoms with E-state index in [0.717, 1.165) is 16.6 Å². The molecule has 8 nitrogen and oxygen atoms in total. The Labute approximate surface area is 144 Å². The van der Waals surface area contributed by atoms with E-state index in [1.54, 1.807) is 53.7 Å². The molecule has 0 unspecified atom stereocenters. The topological polar surface area (TPSA) is 90.2 Å². The minimum absolute atomic E-state index is 0.111. The number of nitrogens with one attached hydrogen (secondary N) is 2. The van der Waals surface area contributed by atoms with Crippen LogP contribution < -0.4 is 21.1 Å². The van der Waals surface area contributed by atoms with Gasteiger partial charge in [0.2, 0.25) is 5.88 Å². The average molecular weight is 341 g/mol. The molecule has 2 amide bonds. The first kappa shape index (κ1) is 16.6. The van der Waals surface area contributed by atoms with Crippen LogP contribution in [0.5, 0.6) is 5.88 Å². The summed E-state index contributed by atoms with van der Waals surface area (Å²) in [5, 5.41) is 5.52. The van der Waals surface area contributed by atoms with Gasteiger partial charge in [-0.05, 0) is 24.3 Å². The number of urea groups is 1. The number of methoxy groups -OCH3 is 1. The Balaban J connectivity index is 1.72. The van der Waals surface area contributed by atoms with Crippen molar-refractivity contribution >= 4 is 22.8 Å². The second-order valence-corrected chi connectivity index (χ2v) is 5.58. The van der Waals surface area contributed by atoms with Crippen molar-refractivity contribution in [3.8, 4) is 5.88 Å². The molecule has 130 valence electrons. The number of benzene rings is 1. The number of ether oxygens (including phenoxy) is 1. The van der Waals surface area contributed by atoms with Gasteiger partial charge in [0, 0.05) is 38.1 Å². The Kier molecular flexibility index (Phi) is 4.42. The number of imidazole rings is 1. The first-order valence-electron chi connectivity index (χ1n) is 7.69. The minimum Gasteiger partial charge on any atom is -0.481 e. The van der Waals surface area contributed by atoms with Crippen LogP contribution in [0.2, 0.25) is 0 Å². The number of anilines is 1. The molecule has 0 fully saturated rings. The zero-order valence-corrected chi connectivity index (χ0v) is 14.2. The van der Waals surface area contributed by atoms with Crippen LogP contribution in [-0.2, 0) is 20.6 Å². The summed E-state index contributed by atoms with van der Waals surface area (Å²) in [6.45, 7) is 0.287. The molecule has 3 rings (SSSR count). The highest BCUT2D eigenvalue weighted by molar-refractivity contribution is 5.92. The molecule has 3 aromatic rings. The minimum atomic E-state index is -0.355. The molecule has 25 heavy (non-hydrogen) atoms. The highest BCUT2D eigenvalue weighted by atomic mass is 16.5. The summed E-state index contributed by atoms with van der Waals surface area (Å²) in [4.78, 5) is 28.2. The molecule has 0 atom stereocenters. The van der Waals surface area contributed by atoms with Gasteiger partial charge in [0.15, 0.2) is 0 Å². The van der Waals surface area contributed by atoms with E-state index >= 15 is 0 Å². The number of carbonyl (C=O) groups excluding carboxylic acids is 1. The third kappa shape index (κ3) is 3.18. The monoisotopic (exact) mass is 341 g/mol. The summed E-state index contributed by atoms with van der Waals surface area (Å²) in [7, 11) is 4.94. The highest BCUT2D eigenvalue weighted by Crippen LogP contribution is 2.18. The molecule has 0 saturated carbocycles. The second kappa shape index (κ2) is 6.68. The van der Waals surface area contributed by atoms with Crippen LogP contribution in [0, 0.1) is 0 Å². The number of amides is 2. The van der Waals surface area contributed by atoms with Crippen LogP contribution in [0.1, 0.15) is 5.56 Å². The van der Waals surface area contributed by atoms with Crippen LogP contribution in [0.15, 0.2) is 41.3 Å². The van der Waals surface area contributed by atoms with Gasteiger partial charge in [-0.2, -0.15) is 0 Å². The molecule has 2 heterocycles. The van der Waals surface area contributed by atoms with E-state index in [4.69, 9.17) is 4.74 Å². The predicted molar refractivity (Wildman–Crippen MR) is 94.8 cm³/mol. The fourth-order valence-electron chi connectivity index (χ4n) is 2.68. The standard InChI is InChI=1S/C17H19N5O3/c1-21-13-7-6-12(9-14(13)22(2)17(21)24)20-16(23)19-10-11-5-4-8-18-15(11)25-3/h4-9H,10H2,1-3H3,(H2,19,20,23). The third-order valence-corrected chi connectivity index (χ3v) is 4.01. The van der Waals surface area contributed by atoms with Gasteiger partial charge in [0.25, 0.3) is 0 Å². The molecule has 0 spiro atoms. The molecule has 0 aliphatic rings. The van der Waals surface area contributed by atoms with Crippen molar-refractivity contribution in [3.63, 3.8) is 0 Å². The number of hydrogen-bond donors (Lipinski definition) is 2. The molecule has 0 radical (unpaired) electrons. The van der Waals surface area contributed by atoms with Gasteiger partial charge in [-0.15, -0.1) is 0 Å². The number of fused-ring (bicyclic) bond motifs is 1. The average Bonchev–Trinajstić information content (AvgIpc) is 2.84. The Morgan fingerprint density at radius 2 is 1.96 bits per heavy atom. The summed E-state index contributed by atoms with van der Waals surface area (Å²) in [5.74, 6) is 0.475. The van der Waals surface area contributed by atoms with Crippen LogP contribution in [-0.4, -0.2) is 27.3 Å². The molecule has 2 N–H and O–H groups in total. The van der Waals surface area contributed by atoms with Crippen molar-refractivity contribution in [1.82, 2.24) is 19.4 Å². The summed E-state index contributed by atoms with van der Waals surface area (Å²) in [6, 6.07) is 8.58. The Bertz CT molecular complexity index is 990. The van der Waals surface area contributed by atoms with Gasteiger partial charge in [-0.3, -0.25) is 9.13 Å². The number of nitrogens with zero attached hydrogens (tertiary/aromatic N) is 3. The van der Waals surface area contributed by atoms with Gasteiger partial charge in [0.05, 0.1) is 18.1 Å². The molecule has 8 heteroatoms. The molecule has 0 aliphatic heterocycles. The SMILES string of the molecule is COc1ncccc1CNC(=O)Nc1ccc2c(c1)n(C)c(=O)n2C. The van der Waals surface area contributed by atoms with Crippen molar-refractivity contribution in [2.75, 3.05) is 12.4 Å². The lowest BCUT2D eigenvalue weighted by Gasteiger charge is -2.10. The number of carbonyl (C=O) groups is 1. The zero-order chi connectivity index (χ0) is 18.0. The first-order chi connectivity index (χ1) is 12.0. The van der Waals surface area contributed by atoms with E-state index in [0.29, 0.717) is 11.6 Å². The maximum Gasteiger partial charge on any atom is 0.328 e. The van der Waals surface area contributed by atoms with Crippen LogP contribution in [0.3, 0.4) is 0 Å². The number of aromatic nitrogens is 3. The quantitative estimate of drug-likeness (QED) is 0.754. The molecule has 1 aromatic carbocycles. The van der Waals surface area contributed by atoms with E-state index in [1.165, 1.54) is 7.11 Å². The Morgan fingerprint density at radius 3 is 2.72 bits per heavy atom. The maximum absolute atomic E-state index is 12.1. The van der Waals surface area contributed by atoms with Gasteiger partial charge in [-0.25, -0.2) is 14.6 Å². The van der Waals surface area contributed by atoms with E-state index in [1.807, 2.05) is 6.07 Å². The van der Waals surface area contributed by atoms with Crippen molar-refractivity contribution < 1.29 is 9.53 Å². The fourth-order valence-corrected chi connectivity index (χ4v) is 2.68. The van der Waals surface area contributed by atoms with Crippen molar-refractivity contribution in [1.29, 1.82) is 0 Å². The molecule has 2 aromatic heterocycles. The summed E-state index contributed by atoms with van der Waals surface area (Å²) < 4.78 is 8.26. The Hall–Kier alpha value is -3.29. The van der Waals surface area contributed by atoms with Gasteiger partial charge >= 0.3 is 11.7 Å². The fraction of sp³-hybridized carbons (Fsp3) is 0.235. The molecule has 0 saturated heterocycles. The maximum atomic E-state index is 12.1. The van der Waals surface area contributed by atoms with Crippen LogP contribution in [0.25, 0.3) is 11.0 Å². The van der Waals surface area contributed by atoms with E-state index in [-0.39, 0.29) is 18.3 Å². The molecule has 0 bridgehead atoms. The normalized spacial score (nSPS) is 10.7. The van der Waals surface area contributed by atoms with E-state index in [2.05, 4.69) is 15.6 Å². The summed E-state index contributed by atoms with van der Waals surface area (Å²) >= 11 is 0. The zero-order valence-electron chi connectivity index (χ0n) is 14.2. The summed E-state index contributed by atoms with van der Waals surface area (Å²) in [5.41, 5.74) is 2.82. The number of hydrogen-bond acceptors (Lipinski definition) is 4. The van der Waals surface area contributed by atoms with E-state index < -0.39 is 0 Å². The van der Waals surface area contributed by atoms with Crippen molar-refractivity contribution in [2.45, 2.75) is 6.54 Å². The van der Waals surface area contributed by atoms with Crippen LogP contribution in [0.4, 0.5) is 10.5 Å². The lowest BCUT2D eigenvalue weighted by atomic mass is 10.2. The molecule has 0 aliphatic carbocycles. The van der Waals surface area contributed by atoms with Crippen molar-refractivity contribution in [2.24, 2.45) is 14.1 Å². The largest absolute Gasteiger partial charge is 0.481 e. The van der Waals surface area contributed by atoms with Gasteiger partial charge in [-0.1, -0.05) is 6.07 Å². The lowest BCUT2D eigenvalue weighted by Crippen LogP contribution is -2.28. The summed E-state index contributed by atoms with van der Waals surface area (Å²) in [6.07, 6.45) is 1.63. The predicted octanol–water partition coefficient (Wildman–Crippen LogP) is 1.60. The number of rotatable bonds is 4. The lowest BCUT2D eigenvalue weighted by molar-refractivity contribution is 0.251. The smallest absolute Gasteiger partial charge is 0.328 e. The third-order valence-electron chi connectivity index (χ3n) is 4.01. The number of pyridine rings is 1. The van der Waals surface area contributed by atoms with Crippen LogP contribution >= 0.6 is 0 Å². The first-order valence-corrected chi connectivity index (χ1v) is 7.69. The highest BCUT2D eigenvalue weighted by Gasteiger charge is 2.10. The molecular weight excluding hydrogens is 322 g/mol. The second-order valence-electron chi connectivity index (χ2n) is 5.58. The molecular formula is C17H19N5O3.